The minimum atomic E-state index is 0.825. The third kappa shape index (κ3) is 15.0. The zero-order valence-corrected chi connectivity index (χ0v) is 15.0. The Morgan fingerprint density at radius 3 is 1.57 bits per heavy atom. The molecule has 0 aromatic heterocycles. The van der Waals surface area contributed by atoms with E-state index >= 15 is 0 Å². The highest BCUT2D eigenvalue weighted by Crippen LogP contribution is 2.05. The summed E-state index contributed by atoms with van der Waals surface area (Å²) >= 11 is 0. The van der Waals surface area contributed by atoms with Gasteiger partial charge in [-0.25, -0.2) is 0 Å². The lowest BCUT2D eigenvalue weighted by atomic mass is 10.1. The Morgan fingerprint density at radius 1 is 0.857 bits per heavy atom. The van der Waals surface area contributed by atoms with E-state index < -0.39 is 0 Å². The lowest BCUT2D eigenvalue weighted by Crippen LogP contribution is -1.93. The van der Waals surface area contributed by atoms with Crippen molar-refractivity contribution in [2.45, 2.75) is 79.6 Å². The highest BCUT2D eigenvalue weighted by atomic mass is 14.5. The molecule has 0 radical (unpaired) electrons. The van der Waals surface area contributed by atoms with Crippen molar-refractivity contribution in [2.24, 2.45) is 5.73 Å². The number of rotatable bonds is 7. The number of nitrogens with two attached hydrogens (primary N) is 1. The van der Waals surface area contributed by atoms with E-state index in [-0.39, 0.29) is 0 Å². The fraction of sp³-hybridized carbons (Fsp3) is 0.600. The second kappa shape index (κ2) is 16.8. The second-order valence-corrected chi connectivity index (χ2v) is 4.99. The van der Waals surface area contributed by atoms with Crippen molar-refractivity contribution in [2.75, 3.05) is 0 Å². The van der Waals surface area contributed by atoms with Crippen molar-refractivity contribution in [3.05, 3.63) is 47.7 Å². The van der Waals surface area contributed by atoms with Crippen LogP contribution in [0.5, 0.6) is 0 Å². The zero-order chi connectivity index (χ0) is 16.5. The Labute approximate surface area is 133 Å². The molecule has 21 heavy (non-hydrogen) atoms. The summed E-state index contributed by atoms with van der Waals surface area (Å²) in [7, 11) is 0. The van der Waals surface area contributed by atoms with Gasteiger partial charge in [0, 0.05) is 5.70 Å². The van der Waals surface area contributed by atoms with E-state index in [0.29, 0.717) is 0 Å². The molecular formula is C20H37N. The molecule has 0 atom stereocenters. The number of allylic oxidation sites excluding steroid dienone is 1. The molecule has 1 rings (SSSR count). The summed E-state index contributed by atoms with van der Waals surface area (Å²) in [6.07, 6.45) is 8.41. The van der Waals surface area contributed by atoms with Crippen LogP contribution in [-0.2, 0) is 12.8 Å². The molecule has 0 heterocycles. The smallest absolute Gasteiger partial charge is 0.000744 e. The topological polar surface area (TPSA) is 26.0 Å². The summed E-state index contributed by atoms with van der Waals surface area (Å²) in [5.41, 5.74) is 9.06. The van der Waals surface area contributed by atoms with Crippen LogP contribution in [0.2, 0.25) is 0 Å². The van der Waals surface area contributed by atoms with Gasteiger partial charge in [-0.2, -0.15) is 0 Å². The summed E-state index contributed by atoms with van der Waals surface area (Å²) in [5.74, 6) is 0. The molecule has 0 saturated heterocycles. The minimum absolute atomic E-state index is 0.825. The average Bonchev–Trinajstić information content (AvgIpc) is 2.54. The monoisotopic (exact) mass is 291 g/mol. The molecule has 1 aromatic rings. The molecule has 0 unspecified atom stereocenters. The van der Waals surface area contributed by atoms with Crippen LogP contribution in [0.15, 0.2) is 36.5 Å². The molecule has 0 bridgehead atoms. The first kappa shape index (κ1) is 22.0. The fourth-order valence-electron chi connectivity index (χ4n) is 1.79. The number of benzene rings is 1. The molecule has 122 valence electrons. The molecule has 2 N–H and O–H groups in total. The van der Waals surface area contributed by atoms with Gasteiger partial charge in [0.2, 0.25) is 0 Å². The molecule has 0 aliphatic rings. The van der Waals surface area contributed by atoms with E-state index in [1.54, 1.807) is 0 Å². The average molecular weight is 292 g/mol. The Bertz CT molecular complexity index is 301. The summed E-state index contributed by atoms with van der Waals surface area (Å²) < 4.78 is 0. The SMILES string of the molecule is C=C(N)CCCCCC.CC.CCc1ccc(CC)cc1. The number of unbranched alkanes of at least 4 members (excludes halogenated alkanes) is 3. The molecule has 0 aliphatic heterocycles. The van der Waals surface area contributed by atoms with Gasteiger partial charge in [0.1, 0.15) is 0 Å². The van der Waals surface area contributed by atoms with E-state index in [1.807, 2.05) is 13.8 Å². The quantitative estimate of drug-likeness (QED) is 0.589. The Morgan fingerprint density at radius 2 is 1.29 bits per heavy atom. The molecule has 1 heteroatoms. The molecule has 1 aromatic carbocycles. The van der Waals surface area contributed by atoms with Gasteiger partial charge in [0.05, 0.1) is 0 Å². The predicted octanol–water partition coefficient (Wildman–Crippen LogP) is 6.27. The van der Waals surface area contributed by atoms with Gasteiger partial charge >= 0.3 is 0 Å². The van der Waals surface area contributed by atoms with Crippen LogP contribution in [0.25, 0.3) is 0 Å². The van der Waals surface area contributed by atoms with E-state index in [2.05, 4.69) is 51.6 Å². The Kier molecular flexibility index (Phi) is 17.7. The van der Waals surface area contributed by atoms with Gasteiger partial charge in [-0.1, -0.05) is 84.7 Å². The maximum absolute atomic E-state index is 5.38. The van der Waals surface area contributed by atoms with Gasteiger partial charge < -0.3 is 5.73 Å². The van der Waals surface area contributed by atoms with Crippen molar-refractivity contribution in [3.8, 4) is 0 Å². The first-order valence-electron chi connectivity index (χ1n) is 8.65. The van der Waals surface area contributed by atoms with Gasteiger partial charge in [0.15, 0.2) is 0 Å². The van der Waals surface area contributed by atoms with Gasteiger partial charge in [-0.05, 0) is 36.8 Å². The van der Waals surface area contributed by atoms with Crippen LogP contribution in [-0.4, -0.2) is 0 Å². The molecule has 0 spiro atoms. The Hall–Kier alpha value is -1.24. The third-order valence-electron chi connectivity index (χ3n) is 3.19. The van der Waals surface area contributed by atoms with Crippen LogP contribution in [0, 0.1) is 0 Å². The number of aryl methyl sites for hydroxylation is 2. The largest absolute Gasteiger partial charge is 0.403 e. The van der Waals surface area contributed by atoms with Crippen molar-refractivity contribution < 1.29 is 0 Å². The van der Waals surface area contributed by atoms with Crippen LogP contribution < -0.4 is 5.73 Å². The summed E-state index contributed by atoms with van der Waals surface area (Å²) in [6.45, 7) is 14.2. The highest BCUT2D eigenvalue weighted by molar-refractivity contribution is 5.22. The predicted molar refractivity (Wildman–Crippen MR) is 98.6 cm³/mol. The van der Waals surface area contributed by atoms with Crippen LogP contribution >= 0.6 is 0 Å². The molecule has 0 saturated carbocycles. The third-order valence-corrected chi connectivity index (χ3v) is 3.19. The number of hydrogen-bond acceptors (Lipinski definition) is 1. The van der Waals surface area contributed by atoms with Gasteiger partial charge in [-0.15, -0.1) is 0 Å². The van der Waals surface area contributed by atoms with E-state index in [0.717, 1.165) is 25.0 Å². The highest BCUT2D eigenvalue weighted by Gasteiger charge is 1.88. The maximum Gasteiger partial charge on any atom is 0.000744 e. The van der Waals surface area contributed by atoms with Crippen molar-refractivity contribution in [3.63, 3.8) is 0 Å². The molecule has 0 amide bonds. The van der Waals surface area contributed by atoms with Crippen molar-refractivity contribution >= 4 is 0 Å². The molecule has 0 fully saturated rings. The van der Waals surface area contributed by atoms with E-state index in [1.165, 1.54) is 36.8 Å². The van der Waals surface area contributed by atoms with E-state index in [4.69, 9.17) is 5.73 Å². The van der Waals surface area contributed by atoms with Gasteiger partial charge in [-0.3, -0.25) is 0 Å². The van der Waals surface area contributed by atoms with E-state index in [9.17, 15) is 0 Å². The minimum Gasteiger partial charge on any atom is -0.403 e. The zero-order valence-electron chi connectivity index (χ0n) is 15.0. The first-order valence-corrected chi connectivity index (χ1v) is 8.65. The second-order valence-electron chi connectivity index (χ2n) is 4.99. The fourth-order valence-corrected chi connectivity index (χ4v) is 1.79. The standard InChI is InChI=1S/C10H14.C8H17N.C2H6/c1-3-9-5-7-10(4-2)8-6-9;1-3-4-5-6-7-8(2)9;1-2/h5-8H,3-4H2,1-2H3;2-7,9H2,1H3;1-2H3. The first-order chi connectivity index (χ1) is 10.1. The molecule has 0 aliphatic carbocycles. The molecular weight excluding hydrogens is 254 g/mol. The van der Waals surface area contributed by atoms with Crippen molar-refractivity contribution in [1.29, 1.82) is 0 Å². The normalized spacial score (nSPS) is 9.00. The summed E-state index contributed by atoms with van der Waals surface area (Å²) in [5, 5.41) is 0. The van der Waals surface area contributed by atoms with Gasteiger partial charge in [0.25, 0.3) is 0 Å². The van der Waals surface area contributed by atoms with Crippen LogP contribution in [0.1, 0.15) is 77.8 Å². The maximum atomic E-state index is 5.38. The lowest BCUT2D eigenvalue weighted by molar-refractivity contribution is 0.663. The summed E-state index contributed by atoms with van der Waals surface area (Å²) in [6, 6.07) is 8.83. The number of hydrogen-bond donors (Lipinski definition) is 1. The molecule has 1 nitrogen and oxygen atoms in total. The van der Waals surface area contributed by atoms with Crippen LogP contribution in [0.4, 0.5) is 0 Å². The van der Waals surface area contributed by atoms with Crippen molar-refractivity contribution in [1.82, 2.24) is 0 Å². The van der Waals surface area contributed by atoms with Crippen LogP contribution in [0.3, 0.4) is 0 Å². The Balaban J connectivity index is 0. The summed E-state index contributed by atoms with van der Waals surface area (Å²) in [4.78, 5) is 0. The lowest BCUT2D eigenvalue weighted by Gasteiger charge is -1.97.